The Morgan fingerprint density at radius 2 is 0.596 bits per heavy atom. The van der Waals surface area contributed by atoms with Gasteiger partial charge >= 0.3 is 0 Å². The van der Waals surface area contributed by atoms with Gasteiger partial charge in [0.05, 0.1) is 9.79 Å². The molecule has 0 aliphatic carbocycles. The molecule has 0 saturated carbocycles. The van der Waals surface area contributed by atoms with E-state index in [1.54, 1.807) is 12.1 Å². The smallest absolute Gasteiger partial charge is 0.129 e. The molecule has 2 N–H and O–H groups in total. The molecule has 0 saturated heterocycles. The molecule has 0 unspecified atom stereocenters. The summed E-state index contributed by atoms with van der Waals surface area (Å²) in [5.41, 5.74) is 2.48. The molecule has 0 atom stereocenters. The standard InChI is InChI=1S/C48H82O2S2/c1-3-5-7-9-11-13-15-17-19-21-23-25-27-29-31-33-35-43-37-39-45(49)47(41-43)52(51)48-42-44(38-40-46(48)50)36-34-32-30-28-26-24-22-20-18-16-14-12-10-8-6-4-2/h37-42,49-50H,3-36H2,1-2H3. The van der Waals surface area contributed by atoms with Gasteiger partial charge in [-0.05, 0) is 72.3 Å². The van der Waals surface area contributed by atoms with E-state index in [1.165, 1.54) is 217 Å². The Hall–Kier alpha value is -1.39. The molecule has 2 rings (SSSR count). The average Bonchev–Trinajstić information content (AvgIpc) is 3.15. The van der Waals surface area contributed by atoms with Crippen molar-refractivity contribution in [2.75, 3.05) is 0 Å². The number of phenolic OH excluding ortho intramolecular Hbond substituents is 2. The molecule has 0 amide bonds. The molecule has 0 aliphatic rings. The van der Waals surface area contributed by atoms with Crippen molar-refractivity contribution >= 4 is 20.6 Å². The number of rotatable bonds is 36. The molecule has 0 aromatic heterocycles. The first-order valence-electron chi connectivity index (χ1n) is 22.6. The van der Waals surface area contributed by atoms with Crippen LogP contribution in [0.15, 0.2) is 46.2 Å². The molecular weight excluding hydrogens is 673 g/mol. The summed E-state index contributed by atoms with van der Waals surface area (Å²) in [6, 6.07) is 11.9. The van der Waals surface area contributed by atoms with Crippen molar-refractivity contribution in [2.45, 2.75) is 242 Å². The quantitative estimate of drug-likeness (QED) is 0.0681. The van der Waals surface area contributed by atoms with Crippen LogP contribution in [0.5, 0.6) is 11.5 Å². The number of aryl methyl sites for hydroxylation is 2. The minimum absolute atomic E-state index is 0.247. The van der Waals surface area contributed by atoms with E-state index in [2.05, 4.69) is 26.0 Å². The summed E-state index contributed by atoms with van der Waals surface area (Å²) in [5, 5.41) is 21.5. The molecule has 2 nitrogen and oxygen atoms in total. The van der Waals surface area contributed by atoms with Crippen LogP contribution >= 0.6 is 0 Å². The predicted octanol–water partition coefficient (Wildman–Crippen LogP) is 16.2. The molecule has 52 heavy (non-hydrogen) atoms. The van der Waals surface area contributed by atoms with E-state index in [0.717, 1.165) is 22.6 Å². The molecule has 0 radical (unpaired) electrons. The maximum Gasteiger partial charge on any atom is 0.129 e. The van der Waals surface area contributed by atoms with Gasteiger partial charge in [0, 0.05) is 0 Å². The van der Waals surface area contributed by atoms with Crippen LogP contribution in [0.2, 0.25) is 0 Å². The van der Waals surface area contributed by atoms with Crippen LogP contribution in [0.1, 0.15) is 230 Å². The minimum atomic E-state index is -0.795. The fourth-order valence-corrected chi connectivity index (χ4v) is 9.67. The van der Waals surface area contributed by atoms with Gasteiger partial charge in [-0.2, -0.15) is 0 Å². The Morgan fingerprint density at radius 1 is 0.365 bits per heavy atom. The highest BCUT2D eigenvalue weighted by Crippen LogP contribution is 2.33. The zero-order valence-corrected chi connectivity index (χ0v) is 35.8. The van der Waals surface area contributed by atoms with Crippen LogP contribution in [0.4, 0.5) is 0 Å². The lowest BCUT2D eigenvalue weighted by molar-refractivity contribution is 0.459. The molecule has 298 valence electrons. The summed E-state index contributed by atoms with van der Waals surface area (Å²) in [5.74, 6) is 0.494. The number of hydrogen-bond donors (Lipinski definition) is 2. The molecule has 0 bridgehead atoms. The van der Waals surface area contributed by atoms with Gasteiger partial charge in [0.2, 0.25) is 0 Å². The molecule has 0 spiro atoms. The molecule has 0 fully saturated rings. The van der Waals surface area contributed by atoms with Crippen molar-refractivity contribution < 1.29 is 10.2 Å². The van der Waals surface area contributed by atoms with Gasteiger partial charge in [-0.25, -0.2) is 0 Å². The van der Waals surface area contributed by atoms with E-state index in [9.17, 15) is 10.2 Å². The second kappa shape index (κ2) is 33.0. The Balaban J connectivity index is 1.57. The fraction of sp³-hybridized carbons (Fsp3) is 0.750. The Bertz CT molecular complexity index is 1060. The summed E-state index contributed by atoms with van der Waals surface area (Å²) in [7, 11) is -0.795. The van der Waals surface area contributed by atoms with Gasteiger partial charge in [0.25, 0.3) is 0 Å². The zero-order valence-electron chi connectivity index (χ0n) is 34.2. The summed E-state index contributed by atoms with van der Waals surface area (Å²) >= 11 is 5.98. The van der Waals surface area contributed by atoms with E-state index in [0.29, 0.717) is 0 Å². The Labute approximate surface area is 330 Å². The van der Waals surface area contributed by atoms with Crippen molar-refractivity contribution in [2.24, 2.45) is 0 Å². The third kappa shape index (κ3) is 23.4. The van der Waals surface area contributed by atoms with E-state index in [4.69, 9.17) is 11.2 Å². The molecule has 2 aromatic carbocycles. The Morgan fingerprint density at radius 3 is 0.846 bits per heavy atom. The van der Waals surface area contributed by atoms with Gasteiger partial charge in [-0.15, -0.1) is 0 Å². The van der Waals surface area contributed by atoms with Gasteiger partial charge in [-0.1, -0.05) is 228 Å². The molecular formula is C48H82O2S2. The molecule has 0 heterocycles. The minimum Gasteiger partial charge on any atom is -0.507 e. The summed E-state index contributed by atoms with van der Waals surface area (Å²) < 4.78 is 0. The lowest BCUT2D eigenvalue weighted by atomic mass is 10.0. The molecule has 0 aliphatic heterocycles. The Kier molecular flexibility index (Phi) is 29.7. The summed E-state index contributed by atoms with van der Waals surface area (Å²) in [6.45, 7) is 4.58. The first-order valence-corrected chi connectivity index (χ1v) is 24.8. The number of hydrogen-bond acceptors (Lipinski definition) is 3. The van der Waals surface area contributed by atoms with Crippen molar-refractivity contribution in [1.29, 1.82) is 0 Å². The molecule has 2 aromatic rings. The average molecular weight is 755 g/mol. The van der Waals surface area contributed by atoms with Crippen molar-refractivity contribution in [3.63, 3.8) is 0 Å². The van der Waals surface area contributed by atoms with Crippen LogP contribution in [0.3, 0.4) is 0 Å². The SMILES string of the molecule is CCCCCCCCCCCCCCCCCCc1ccc(O)c(S(=S)c2cc(CCCCCCCCCCCCCCCCCC)ccc2O)c1. The van der Waals surface area contributed by atoms with Crippen LogP contribution in [0.25, 0.3) is 0 Å². The number of benzene rings is 2. The summed E-state index contributed by atoms with van der Waals surface area (Å²) in [6.07, 6.45) is 46.2. The van der Waals surface area contributed by atoms with Gasteiger partial charge in [-0.3, -0.25) is 0 Å². The maximum atomic E-state index is 10.8. The largest absolute Gasteiger partial charge is 0.507 e. The van der Waals surface area contributed by atoms with Crippen molar-refractivity contribution in [3.05, 3.63) is 47.5 Å². The molecule has 4 heteroatoms. The second-order valence-corrected chi connectivity index (χ2v) is 18.4. The number of unbranched alkanes of at least 4 members (excludes halogenated alkanes) is 30. The maximum absolute atomic E-state index is 10.8. The van der Waals surface area contributed by atoms with E-state index >= 15 is 0 Å². The van der Waals surface area contributed by atoms with Crippen LogP contribution in [-0.2, 0) is 33.5 Å². The van der Waals surface area contributed by atoms with Gasteiger partial charge < -0.3 is 10.2 Å². The monoisotopic (exact) mass is 755 g/mol. The van der Waals surface area contributed by atoms with Crippen molar-refractivity contribution in [1.82, 2.24) is 0 Å². The van der Waals surface area contributed by atoms with E-state index in [-0.39, 0.29) is 11.5 Å². The number of aromatic hydroxyl groups is 2. The lowest BCUT2D eigenvalue weighted by Gasteiger charge is -2.13. The predicted molar refractivity (Wildman–Crippen MR) is 234 cm³/mol. The van der Waals surface area contributed by atoms with E-state index < -0.39 is 9.45 Å². The van der Waals surface area contributed by atoms with Crippen LogP contribution in [-0.4, -0.2) is 10.2 Å². The van der Waals surface area contributed by atoms with Crippen LogP contribution in [0, 0.1) is 0 Å². The normalized spacial score (nSPS) is 11.6. The summed E-state index contributed by atoms with van der Waals surface area (Å²) in [4.78, 5) is 1.55. The highest BCUT2D eigenvalue weighted by molar-refractivity contribution is 8.29. The van der Waals surface area contributed by atoms with Gasteiger partial charge in [0.15, 0.2) is 0 Å². The topological polar surface area (TPSA) is 40.5 Å². The fourth-order valence-electron chi connectivity index (χ4n) is 7.60. The van der Waals surface area contributed by atoms with Crippen molar-refractivity contribution in [3.8, 4) is 11.5 Å². The van der Waals surface area contributed by atoms with Crippen LogP contribution < -0.4 is 0 Å². The third-order valence-corrected chi connectivity index (χ3v) is 13.6. The first-order chi connectivity index (χ1) is 25.6. The van der Waals surface area contributed by atoms with E-state index in [1.807, 2.05) is 12.1 Å². The third-order valence-electron chi connectivity index (χ3n) is 11.1. The first kappa shape index (κ1) is 46.8. The lowest BCUT2D eigenvalue weighted by Crippen LogP contribution is -1.97. The van der Waals surface area contributed by atoms with Gasteiger partial charge in [0.1, 0.15) is 11.5 Å². The highest BCUT2D eigenvalue weighted by Gasteiger charge is 2.14. The number of phenols is 2. The highest BCUT2D eigenvalue weighted by atomic mass is 32.8. The zero-order chi connectivity index (χ0) is 37.3. The second-order valence-electron chi connectivity index (χ2n) is 16.0.